The Labute approximate surface area is 106 Å². The minimum absolute atomic E-state index is 0.631. The Balaban J connectivity index is 1.98. The minimum atomic E-state index is 0.631. The number of anilines is 1. The van der Waals surface area contributed by atoms with Crippen LogP contribution in [0, 0.1) is 11.3 Å². The Morgan fingerprint density at radius 3 is 2.78 bits per heavy atom. The Morgan fingerprint density at radius 1 is 1.33 bits per heavy atom. The lowest BCUT2D eigenvalue weighted by Gasteiger charge is -2.07. The fourth-order valence-electron chi connectivity index (χ4n) is 1.67. The zero-order valence-corrected chi connectivity index (χ0v) is 10.3. The van der Waals surface area contributed by atoms with Crippen LogP contribution in [0.15, 0.2) is 30.6 Å². The number of rotatable bonds is 5. The largest absolute Gasteiger partial charge is 0.378 e. The van der Waals surface area contributed by atoms with Gasteiger partial charge in [-0.3, -0.25) is 0 Å². The molecule has 0 spiro atoms. The van der Waals surface area contributed by atoms with Gasteiger partial charge in [-0.25, -0.2) is 9.67 Å². The summed E-state index contributed by atoms with van der Waals surface area (Å²) in [6.07, 6.45) is 2.61. The molecule has 0 aliphatic rings. The summed E-state index contributed by atoms with van der Waals surface area (Å²) in [5, 5.41) is 16.1. The van der Waals surface area contributed by atoms with E-state index >= 15 is 0 Å². The number of hydrogen-bond acceptors (Lipinski definition) is 4. The molecule has 0 unspecified atom stereocenters. The molecule has 0 aliphatic heterocycles. The van der Waals surface area contributed by atoms with E-state index in [4.69, 9.17) is 5.26 Å². The third kappa shape index (κ3) is 2.86. The molecule has 0 radical (unpaired) electrons. The van der Waals surface area contributed by atoms with Gasteiger partial charge in [0.2, 0.25) is 0 Å². The molecule has 2 rings (SSSR count). The number of aromatic nitrogens is 3. The third-order valence-corrected chi connectivity index (χ3v) is 2.60. The first-order valence-corrected chi connectivity index (χ1v) is 5.94. The molecule has 1 heterocycles. The molecule has 0 saturated carbocycles. The van der Waals surface area contributed by atoms with Gasteiger partial charge in [0.1, 0.15) is 12.2 Å². The van der Waals surface area contributed by atoms with E-state index in [2.05, 4.69) is 28.4 Å². The van der Waals surface area contributed by atoms with Crippen molar-refractivity contribution in [2.24, 2.45) is 0 Å². The van der Waals surface area contributed by atoms with Crippen LogP contribution >= 0.6 is 0 Å². The van der Waals surface area contributed by atoms with Gasteiger partial charge in [-0.1, -0.05) is 6.92 Å². The predicted molar refractivity (Wildman–Crippen MR) is 68.8 cm³/mol. The first kappa shape index (κ1) is 12.1. The molecule has 1 N–H and O–H groups in total. The molecule has 0 amide bonds. The monoisotopic (exact) mass is 241 g/mol. The van der Waals surface area contributed by atoms with Crippen LogP contribution in [0.5, 0.6) is 0 Å². The van der Waals surface area contributed by atoms with E-state index in [0.717, 1.165) is 24.5 Å². The van der Waals surface area contributed by atoms with Gasteiger partial charge in [-0.05, 0) is 30.7 Å². The summed E-state index contributed by atoms with van der Waals surface area (Å²) in [7, 11) is 0. The molecular formula is C13H15N5. The zero-order valence-electron chi connectivity index (χ0n) is 10.3. The van der Waals surface area contributed by atoms with Crippen molar-refractivity contribution in [3.63, 3.8) is 0 Å². The van der Waals surface area contributed by atoms with Crippen molar-refractivity contribution in [2.45, 2.75) is 26.4 Å². The van der Waals surface area contributed by atoms with Gasteiger partial charge < -0.3 is 5.32 Å². The highest BCUT2D eigenvalue weighted by molar-refractivity contribution is 5.47. The summed E-state index contributed by atoms with van der Waals surface area (Å²) in [5.74, 6) is 0.918. The Kier molecular flexibility index (Phi) is 3.92. The van der Waals surface area contributed by atoms with Crippen molar-refractivity contribution in [1.82, 2.24) is 14.8 Å². The Bertz CT molecular complexity index is 535. The van der Waals surface area contributed by atoms with Crippen LogP contribution in [0.1, 0.15) is 24.7 Å². The topological polar surface area (TPSA) is 66.5 Å². The summed E-state index contributed by atoms with van der Waals surface area (Å²) >= 11 is 0. The smallest absolute Gasteiger partial charge is 0.146 e. The minimum Gasteiger partial charge on any atom is -0.378 e. The molecular weight excluding hydrogens is 226 g/mol. The van der Waals surface area contributed by atoms with E-state index in [9.17, 15) is 0 Å². The van der Waals surface area contributed by atoms with Crippen LogP contribution in [0.25, 0.3) is 0 Å². The van der Waals surface area contributed by atoms with Crippen molar-refractivity contribution in [2.75, 3.05) is 5.32 Å². The SMILES string of the molecule is CCCn1ncnc1CNc1ccc(C#N)cc1. The molecule has 5 heteroatoms. The average Bonchev–Trinajstić information content (AvgIpc) is 2.85. The zero-order chi connectivity index (χ0) is 12.8. The van der Waals surface area contributed by atoms with E-state index in [1.807, 2.05) is 16.8 Å². The van der Waals surface area contributed by atoms with Gasteiger partial charge in [0, 0.05) is 12.2 Å². The number of nitrogens with one attached hydrogen (secondary N) is 1. The van der Waals surface area contributed by atoms with Crippen LogP contribution in [0.4, 0.5) is 5.69 Å². The van der Waals surface area contributed by atoms with E-state index in [1.54, 1.807) is 18.5 Å². The number of aryl methyl sites for hydroxylation is 1. The fraction of sp³-hybridized carbons (Fsp3) is 0.308. The fourth-order valence-corrected chi connectivity index (χ4v) is 1.67. The van der Waals surface area contributed by atoms with Gasteiger partial charge in [0.05, 0.1) is 18.2 Å². The van der Waals surface area contributed by atoms with Gasteiger partial charge in [0.25, 0.3) is 0 Å². The standard InChI is InChI=1S/C13H15N5/c1-2-7-18-13(16-10-17-18)9-15-12-5-3-11(8-14)4-6-12/h3-6,10,15H,2,7,9H2,1H3. The van der Waals surface area contributed by atoms with E-state index in [0.29, 0.717) is 12.1 Å². The highest BCUT2D eigenvalue weighted by Crippen LogP contribution is 2.10. The summed E-state index contributed by atoms with van der Waals surface area (Å²) in [6.45, 7) is 3.62. The second-order valence-corrected chi connectivity index (χ2v) is 3.94. The second kappa shape index (κ2) is 5.82. The van der Waals surface area contributed by atoms with Gasteiger partial charge >= 0.3 is 0 Å². The predicted octanol–water partition coefficient (Wildman–Crippen LogP) is 2.17. The van der Waals surface area contributed by atoms with Crippen molar-refractivity contribution < 1.29 is 0 Å². The molecule has 0 aliphatic carbocycles. The van der Waals surface area contributed by atoms with Crippen molar-refractivity contribution >= 4 is 5.69 Å². The van der Waals surface area contributed by atoms with Crippen LogP contribution < -0.4 is 5.32 Å². The lowest BCUT2D eigenvalue weighted by molar-refractivity contribution is 0.574. The lowest BCUT2D eigenvalue weighted by Crippen LogP contribution is -2.10. The molecule has 18 heavy (non-hydrogen) atoms. The molecule has 1 aromatic carbocycles. The van der Waals surface area contributed by atoms with Crippen LogP contribution in [-0.2, 0) is 13.1 Å². The van der Waals surface area contributed by atoms with Gasteiger partial charge in [-0.2, -0.15) is 10.4 Å². The van der Waals surface area contributed by atoms with E-state index in [-0.39, 0.29) is 0 Å². The normalized spacial score (nSPS) is 10.0. The van der Waals surface area contributed by atoms with Gasteiger partial charge in [0.15, 0.2) is 0 Å². The quantitative estimate of drug-likeness (QED) is 0.871. The number of nitrogens with zero attached hydrogens (tertiary/aromatic N) is 4. The van der Waals surface area contributed by atoms with Crippen molar-refractivity contribution in [3.05, 3.63) is 42.0 Å². The third-order valence-electron chi connectivity index (χ3n) is 2.60. The number of hydrogen-bond donors (Lipinski definition) is 1. The summed E-state index contributed by atoms with van der Waals surface area (Å²) in [5.41, 5.74) is 1.63. The molecule has 5 nitrogen and oxygen atoms in total. The average molecular weight is 241 g/mol. The van der Waals surface area contributed by atoms with Crippen LogP contribution in [0.2, 0.25) is 0 Å². The summed E-state index contributed by atoms with van der Waals surface area (Å²) < 4.78 is 1.90. The first-order valence-electron chi connectivity index (χ1n) is 5.94. The highest BCUT2D eigenvalue weighted by Gasteiger charge is 2.02. The second-order valence-electron chi connectivity index (χ2n) is 3.94. The molecule has 0 fully saturated rings. The molecule has 0 atom stereocenters. The molecule has 1 aromatic heterocycles. The first-order chi connectivity index (χ1) is 8.83. The Hall–Kier alpha value is -2.35. The van der Waals surface area contributed by atoms with Crippen LogP contribution in [0.3, 0.4) is 0 Å². The maximum absolute atomic E-state index is 8.71. The van der Waals surface area contributed by atoms with Crippen LogP contribution in [-0.4, -0.2) is 14.8 Å². The summed E-state index contributed by atoms with van der Waals surface area (Å²) in [4.78, 5) is 4.22. The molecule has 0 bridgehead atoms. The van der Waals surface area contributed by atoms with E-state index in [1.165, 1.54) is 0 Å². The van der Waals surface area contributed by atoms with Crippen molar-refractivity contribution in [1.29, 1.82) is 5.26 Å². The van der Waals surface area contributed by atoms with E-state index < -0.39 is 0 Å². The maximum atomic E-state index is 8.71. The Morgan fingerprint density at radius 2 is 2.11 bits per heavy atom. The maximum Gasteiger partial charge on any atom is 0.146 e. The number of benzene rings is 1. The number of nitriles is 1. The molecule has 0 saturated heterocycles. The highest BCUT2D eigenvalue weighted by atomic mass is 15.3. The van der Waals surface area contributed by atoms with Gasteiger partial charge in [-0.15, -0.1) is 0 Å². The summed E-state index contributed by atoms with van der Waals surface area (Å²) in [6, 6.07) is 9.45. The lowest BCUT2D eigenvalue weighted by atomic mass is 10.2. The molecule has 92 valence electrons. The molecule has 2 aromatic rings. The van der Waals surface area contributed by atoms with Crippen molar-refractivity contribution in [3.8, 4) is 6.07 Å².